The number of hydrogen-bond donors (Lipinski definition) is 0. The smallest absolute Gasteiger partial charge is 0.168 e. The fraction of sp³-hybridized carbons (Fsp3) is 0.533. The van der Waals surface area contributed by atoms with Crippen LogP contribution in [-0.2, 0) is 0 Å². The Hall–Kier alpha value is -2.62. The Morgan fingerprint density at radius 1 is 0.676 bits per heavy atom. The van der Waals surface area contributed by atoms with E-state index < -0.39 is 0 Å². The Labute approximate surface area is 206 Å². The quantitative estimate of drug-likeness (QED) is 0.319. The topological polar surface area (TPSA) is 52.6 Å². The van der Waals surface area contributed by atoms with Gasteiger partial charge in [0, 0.05) is 22.0 Å². The first-order chi connectivity index (χ1) is 15.8. The molecule has 2 rings (SSSR count). The molecule has 0 N–H and O–H groups in total. The van der Waals surface area contributed by atoms with E-state index in [9.17, 15) is 9.59 Å². The van der Waals surface area contributed by atoms with Crippen LogP contribution in [0.1, 0.15) is 88.9 Å². The molecule has 0 fully saturated rings. The van der Waals surface area contributed by atoms with E-state index in [0.717, 1.165) is 35.5 Å². The molecule has 186 valence electrons. The Balaban J connectivity index is 1.71. The first-order valence-corrected chi connectivity index (χ1v) is 12.3. The van der Waals surface area contributed by atoms with Crippen LogP contribution in [0.2, 0.25) is 0 Å². The van der Waals surface area contributed by atoms with E-state index in [2.05, 4.69) is 13.8 Å². The summed E-state index contributed by atoms with van der Waals surface area (Å²) < 4.78 is 11.8. The molecule has 34 heavy (non-hydrogen) atoms. The highest BCUT2D eigenvalue weighted by molar-refractivity contribution is 6.00. The van der Waals surface area contributed by atoms with E-state index in [4.69, 9.17) is 9.47 Å². The number of ketones is 2. The first kappa shape index (κ1) is 27.6. The molecule has 0 aliphatic heterocycles. The van der Waals surface area contributed by atoms with Gasteiger partial charge < -0.3 is 9.47 Å². The molecule has 2 aromatic carbocycles. The van der Waals surface area contributed by atoms with Crippen LogP contribution in [-0.4, -0.2) is 24.8 Å². The number of ether oxygens (including phenoxy) is 2. The minimum atomic E-state index is -0.383. The minimum absolute atomic E-state index is 0.137. The molecule has 2 aromatic rings. The molecule has 0 radical (unpaired) electrons. The fourth-order valence-electron chi connectivity index (χ4n) is 3.76. The lowest BCUT2D eigenvalue weighted by Gasteiger charge is -2.19. The van der Waals surface area contributed by atoms with Crippen molar-refractivity contribution in [3.63, 3.8) is 0 Å². The van der Waals surface area contributed by atoms with Gasteiger partial charge >= 0.3 is 0 Å². The molecule has 0 amide bonds. The van der Waals surface area contributed by atoms with Crippen molar-refractivity contribution >= 4 is 11.6 Å². The van der Waals surface area contributed by atoms with Gasteiger partial charge in [-0.25, -0.2) is 0 Å². The SMILES string of the molecule is CC(CCOc1ccc(C(=O)C(C)(C)C)cc1)CC(C)COc1ccc(C(=O)C(C)(C)C)cc1. The van der Waals surface area contributed by atoms with Gasteiger partial charge in [-0.3, -0.25) is 9.59 Å². The lowest BCUT2D eigenvalue weighted by molar-refractivity contribution is 0.0852. The summed E-state index contributed by atoms with van der Waals surface area (Å²) in [5, 5.41) is 0. The highest BCUT2D eigenvalue weighted by Crippen LogP contribution is 2.25. The number of carbonyl (C=O) groups excluding carboxylic acids is 2. The highest BCUT2D eigenvalue weighted by atomic mass is 16.5. The normalized spacial score (nSPS) is 13.8. The number of rotatable bonds is 11. The average molecular weight is 467 g/mol. The fourth-order valence-corrected chi connectivity index (χ4v) is 3.76. The van der Waals surface area contributed by atoms with Gasteiger partial charge in [-0.2, -0.15) is 0 Å². The number of Topliss-reactive ketones (excluding diaryl/α,β-unsaturated/α-hetero) is 2. The van der Waals surface area contributed by atoms with Crippen molar-refractivity contribution in [1.29, 1.82) is 0 Å². The zero-order valence-electron chi connectivity index (χ0n) is 22.2. The molecule has 0 spiro atoms. The summed E-state index contributed by atoms with van der Waals surface area (Å²) in [5.41, 5.74) is 0.674. The van der Waals surface area contributed by atoms with Gasteiger partial charge in [-0.05, 0) is 73.2 Å². The summed E-state index contributed by atoms with van der Waals surface area (Å²) in [6, 6.07) is 14.9. The molecular formula is C30H42O4. The molecule has 0 saturated heterocycles. The second-order valence-electron chi connectivity index (χ2n) is 11.6. The third-order valence-electron chi connectivity index (χ3n) is 5.81. The molecule has 2 unspecified atom stereocenters. The molecule has 0 bridgehead atoms. The van der Waals surface area contributed by atoms with E-state index >= 15 is 0 Å². The van der Waals surface area contributed by atoms with E-state index in [1.165, 1.54) is 0 Å². The van der Waals surface area contributed by atoms with Crippen molar-refractivity contribution < 1.29 is 19.1 Å². The molecule has 0 aliphatic rings. The number of hydrogen-bond acceptors (Lipinski definition) is 4. The van der Waals surface area contributed by atoms with E-state index in [-0.39, 0.29) is 22.4 Å². The molecule has 4 heteroatoms. The maximum absolute atomic E-state index is 12.4. The molecule has 0 aromatic heterocycles. The van der Waals surface area contributed by atoms with Crippen molar-refractivity contribution in [3.05, 3.63) is 59.7 Å². The zero-order chi connectivity index (χ0) is 25.5. The van der Waals surface area contributed by atoms with Crippen LogP contribution in [0.25, 0.3) is 0 Å². The lowest BCUT2D eigenvalue weighted by atomic mass is 9.86. The van der Waals surface area contributed by atoms with Crippen molar-refractivity contribution in [2.24, 2.45) is 22.7 Å². The second kappa shape index (κ2) is 11.7. The Kier molecular flexibility index (Phi) is 9.49. The number of carbonyl (C=O) groups is 2. The van der Waals surface area contributed by atoms with Gasteiger partial charge in [0.25, 0.3) is 0 Å². The molecule has 0 heterocycles. The molecule has 0 aliphatic carbocycles. The van der Waals surface area contributed by atoms with E-state index in [1.54, 1.807) is 0 Å². The summed E-state index contributed by atoms with van der Waals surface area (Å²) in [6.45, 7) is 17.3. The van der Waals surface area contributed by atoms with Gasteiger partial charge in [-0.15, -0.1) is 0 Å². The minimum Gasteiger partial charge on any atom is -0.494 e. The van der Waals surface area contributed by atoms with Crippen LogP contribution in [0, 0.1) is 22.7 Å². The first-order valence-electron chi connectivity index (χ1n) is 12.3. The summed E-state index contributed by atoms with van der Waals surface area (Å²) in [7, 11) is 0. The van der Waals surface area contributed by atoms with Crippen LogP contribution < -0.4 is 9.47 Å². The standard InChI is InChI=1S/C30H42O4/c1-21(17-18-33-25-13-9-23(10-14-25)27(31)29(3,4)5)19-22(2)20-34-26-15-11-24(12-16-26)28(32)30(6,7)8/h9-16,21-22H,17-20H2,1-8H3. The highest BCUT2D eigenvalue weighted by Gasteiger charge is 2.23. The third kappa shape index (κ3) is 8.62. The predicted molar refractivity (Wildman–Crippen MR) is 139 cm³/mol. The summed E-state index contributed by atoms with van der Waals surface area (Å²) in [4.78, 5) is 24.7. The monoisotopic (exact) mass is 466 g/mol. The summed E-state index contributed by atoms with van der Waals surface area (Å²) in [6.07, 6.45) is 2.00. The van der Waals surface area contributed by atoms with Crippen molar-refractivity contribution in [2.45, 2.75) is 68.2 Å². The summed E-state index contributed by atoms with van der Waals surface area (Å²) in [5.74, 6) is 2.78. The van der Waals surface area contributed by atoms with Crippen molar-refractivity contribution in [2.75, 3.05) is 13.2 Å². The maximum atomic E-state index is 12.4. The van der Waals surface area contributed by atoms with E-state index in [1.807, 2.05) is 90.1 Å². The predicted octanol–water partition coefficient (Wildman–Crippen LogP) is 7.65. The Morgan fingerprint density at radius 2 is 1.09 bits per heavy atom. The van der Waals surface area contributed by atoms with Crippen LogP contribution in [0.4, 0.5) is 0 Å². The van der Waals surface area contributed by atoms with Crippen LogP contribution in [0.15, 0.2) is 48.5 Å². The second-order valence-corrected chi connectivity index (χ2v) is 11.6. The number of benzene rings is 2. The average Bonchev–Trinajstić information content (AvgIpc) is 2.76. The van der Waals surface area contributed by atoms with Gasteiger partial charge in [0.2, 0.25) is 0 Å². The third-order valence-corrected chi connectivity index (χ3v) is 5.81. The maximum Gasteiger partial charge on any atom is 0.168 e. The lowest BCUT2D eigenvalue weighted by Crippen LogP contribution is -2.20. The molecular weight excluding hydrogens is 424 g/mol. The van der Waals surface area contributed by atoms with Crippen LogP contribution in [0.5, 0.6) is 11.5 Å². The van der Waals surface area contributed by atoms with Gasteiger partial charge in [0.1, 0.15) is 11.5 Å². The van der Waals surface area contributed by atoms with Gasteiger partial charge in [-0.1, -0.05) is 55.4 Å². The largest absolute Gasteiger partial charge is 0.494 e. The van der Waals surface area contributed by atoms with Gasteiger partial charge in [0.05, 0.1) is 13.2 Å². The molecule has 4 nitrogen and oxygen atoms in total. The molecule has 2 atom stereocenters. The van der Waals surface area contributed by atoms with Crippen molar-refractivity contribution in [1.82, 2.24) is 0 Å². The zero-order valence-corrected chi connectivity index (χ0v) is 22.2. The van der Waals surface area contributed by atoms with Crippen LogP contribution >= 0.6 is 0 Å². The van der Waals surface area contributed by atoms with E-state index in [0.29, 0.717) is 25.0 Å². The molecule has 0 saturated carbocycles. The Morgan fingerprint density at radius 3 is 1.50 bits per heavy atom. The van der Waals surface area contributed by atoms with Crippen molar-refractivity contribution in [3.8, 4) is 11.5 Å². The van der Waals surface area contributed by atoms with Gasteiger partial charge in [0.15, 0.2) is 11.6 Å². The van der Waals surface area contributed by atoms with Crippen LogP contribution in [0.3, 0.4) is 0 Å². The summed E-state index contributed by atoms with van der Waals surface area (Å²) >= 11 is 0. The Bertz CT molecular complexity index is 928.